The van der Waals surface area contributed by atoms with Crippen LogP contribution in [0.3, 0.4) is 0 Å². The highest BCUT2D eigenvalue weighted by Gasteiger charge is 2.12. The standard InChI is InChI=1S/C12H13N7S/c1-19(2)12-13-5-4-7(16-12)9-17-10-8(14-6-15-10)11(18-9)20-3/h4-6H,1-3H3,(H,14,15,17,18). The summed E-state index contributed by atoms with van der Waals surface area (Å²) < 4.78 is 0. The van der Waals surface area contributed by atoms with Crippen LogP contribution in [0.2, 0.25) is 0 Å². The number of imidazole rings is 1. The quantitative estimate of drug-likeness (QED) is 0.578. The van der Waals surface area contributed by atoms with Crippen LogP contribution in [0.5, 0.6) is 0 Å². The third-order valence-corrected chi connectivity index (χ3v) is 3.40. The van der Waals surface area contributed by atoms with E-state index >= 15 is 0 Å². The van der Waals surface area contributed by atoms with Crippen molar-refractivity contribution >= 4 is 28.9 Å². The first kappa shape index (κ1) is 12.8. The van der Waals surface area contributed by atoms with Crippen molar-refractivity contribution in [3.05, 3.63) is 18.6 Å². The molecule has 0 spiro atoms. The van der Waals surface area contributed by atoms with Gasteiger partial charge in [0, 0.05) is 20.3 Å². The highest BCUT2D eigenvalue weighted by atomic mass is 32.2. The summed E-state index contributed by atoms with van der Waals surface area (Å²) in [4.78, 5) is 26.7. The topological polar surface area (TPSA) is 83.5 Å². The Morgan fingerprint density at radius 2 is 2.00 bits per heavy atom. The Labute approximate surface area is 119 Å². The number of aromatic amines is 1. The summed E-state index contributed by atoms with van der Waals surface area (Å²) >= 11 is 1.55. The fourth-order valence-corrected chi connectivity index (χ4v) is 2.29. The third kappa shape index (κ3) is 2.18. The van der Waals surface area contributed by atoms with E-state index in [0.29, 0.717) is 23.1 Å². The molecule has 3 rings (SSSR count). The Balaban J connectivity index is 2.16. The molecule has 8 heteroatoms. The van der Waals surface area contributed by atoms with Crippen LogP contribution in [-0.2, 0) is 0 Å². The van der Waals surface area contributed by atoms with Crippen LogP contribution in [0.1, 0.15) is 0 Å². The molecule has 0 aliphatic heterocycles. The summed E-state index contributed by atoms with van der Waals surface area (Å²) in [7, 11) is 3.79. The zero-order chi connectivity index (χ0) is 14.1. The van der Waals surface area contributed by atoms with Crippen LogP contribution in [0.25, 0.3) is 22.7 Å². The Morgan fingerprint density at radius 1 is 1.15 bits per heavy atom. The molecule has 0 aliphatic carbocycles. The molecule has 0 atom stereocenters. The maximum absolute atomic E-state index is 4.53. The number of nitrogens with zero attached hydrogens (tertiary/aromatic N) is 6. The van der Waals surface area contributed by atoms with Crippen molar-refractivity contribution in [3.8, 4) is 11.5 Å². The second-order valence-corrected chi connectivity index (χ2v) is 5.09. The molecule has 3 aromatic rings. The fourth-order valence-electron chi connectivity index (χ4n) is 1.76. The molecule has 0 bridgehead atoms. The minimum absolute atomic E-state index is 0.555. The van der Waals surface area contributed by atoms with Crippen molar-refractivity contribution in [2.24, 2.45) is 0 Å². The number of hydrogen-bond donors (Lipinski definition) is 1. The number of anilines is 1. The van der Waals surface area contributed by atoms with Gasteiger partial charge in [0.2, 0.25) is 5.95 Å². The number of fused-ring (bicyclic) bond motifs is 1. The lowest BCUT2D eigenvalue weighted by Crippen LogP contribution is -2.12. The van der Waals surface area contributed by atoms with Crippen molar-refractivity contribution in [2.75, 3.05) is 25.3 Å². The van der Waals surface area contributed by atoms with Gasteiger partial charge in [0.15, 0.2) is 11.5 Å². The largest absolute Gasteiger partial charge is 0.347 e. The van der Waals surface area contributed by atoms with Gasteiger partial charge >= 0.3 is 0 Å². The predicted molar refractivity (Wildman–Crippen MR) is 78.8 cm³/mol. The molecule has 0 amide bonds. The van der Waals surface area contributed by atoms with Crippen LogP contribution in [0.15, 0.2) is 23.6 Å². The summed E-state index contributed by atoms with van der Waals surface area (Å²) in [6, 6.07) is 1.80. The maximum atomic E-state index is 4.53. The van der Waals surface area contributed by atoms with E-state index in [1.165, 1.54) is 0 Å². The smallest absolute Gasteiger partial charge is 0.225 e. The lowest BCUT2D eigenvalue weighted by molar-refractivity contribution is 0.987. The number of aromatic nitrogens is 6. The molecule has 3 aromatic heterocycles. The average molecular weight is 287 g/mol. The summed E-state index contributed by atoms with van der Waals surface area (Å²) in [6.07, 6.45) is 5.29. The predicted octanol–water partition coefficient (Wildman–Crippen LogP) is 1.60. The minimum Gasteiger partial charge on any atom is -0.347 e. The molecule has 3 heterocycles. The van der Waals surface area contributed by atoms with Gasteiger partial charge in [0.25, 0.3) is 0 Å². The number of H-pyrrole nitrogens is 1. The van der Waals surface area contributed by atoms with Gasteiger partial charge in [-0.05, 0) is 12.3 Å². The minimum atomic E-state index is 0.555. The molecule has 0 saturated carbocycles. The Bertz CT molecular complexity index is 752. The number of hydrogen-bond acceptors (Lipinski definition) is 7. The van der Waals surface area contributed by atoms with E-state index in [2.05, 4.69) is 29.9 Å². The molecule has 0 fully saturated rings. The molecular weight excluding hydrogens is 274 g/mol. The lowest BCUT2D eigenvalue weighted by Gasteiger charge is -2.10. The molecule has 0 aliphatic rings. The number of rotatable bonds is 3. The monoisotopic (exact) mass is 287 g/mol. The van der Waals surface area contributed by atoms with E-state index in [9.17, 15) is 0 Å². The van der Waals surface area contributed by atoms with Gasteiger partial charge in [-0.3, -0.25) is 0 Å². The maximum Gasteiger partial charge on any atom is 0.225 e. The van der Waals surface area contributed by atoms with E-state index in [1.807, 2.05) is 25.3 Å². The van der Waals surface area contributed by atoms with Crippen molar-refractivity contribution in [1.29, 1.82) is 0 Å². The Kier molecular flexibility index (Phi) is 3.23. The van der Waals surface area contributed by atoms with Crippen LogP contribution in [0, 0.1) is 0 Å². The van der Waals surface area contributed by atoms with E-state index < -0.39 is 0 Å². The van der Waals surface area contributed by atoms with E-state index in [-0.39, 0.29) is 0 Å². The summed E-state index contributed by atoms with van der Waals surface area (Å²) in [6.45, 7) is 0. The SMILES string of the molecule is CSc1nc(-c2ccnc(N(C)C)n2)nc2nc[nH]c12. The van der Waals surface area contributed by atoms with Gasteiger partial charge in [-0.25, -0.2) is 24.9 Å². The van der Waals surface area contributed by atoms with Crippen molar-refractivity contribution in [1.82, 2.24) is 29.9 Å². The number of thioether (sulfide) groups is 1. The molecule has 20 heavy (non-hydrogen) atoms. The average Bonchev–Trinajstić information content (AvgIpc) is 2.94. The lowest BCUT2D eigenvalue weighted by atomic mass is 10.3. The summed E-state index contributed by atoms with van der Waals surface area (Å²) in [5.74, 6) is 1.18. The molecule has 0 aromatic carbocycles. The third-order valence-electron chi connectivity index (χ3n) is 2.72. The highest BCUT2D eigenvalue weighted by molar-refractivity contribution is 7.98. The fraction of sp³-hybridized carbons (Fsp3) is 0.250. The normalized spacial score (nSPS) is 10.9. The second-order valence-electron chi connectivity index (χ2n) is 4.29. The first-order valence-corrected chi connectivity index (χ1v) is 7.17. The zero-order valence-electron chi connectivity index (χ0n) is 11.3. The molecular formula is C12H13N7S. The van der Waals surface area contributed by atoms with Gasteiger partial charge in [0.1, 0.15) is 16.2 Å². The van der Waals surface area contributed by atoms with Crippen molar-refractivity contribution in [2.45, 2.75) is 5.03 Å². The zero-order valence-corrected chi connectivity index (χ0v) is 12.1. The van der Waals surface area contributed by atoms with E-state index in [0.717, 1.165) is 10.5 Å². The van der Waals surface area contributed by atoms with Gasteiger partial charge in [-0.15, -0.1) is 11.8 Å². The second kappa shape index (κ2) is 5.04. The Morgan fingerprint density at radius 3 is 2.75 bits per heavy atom. The molecule has 0 unspecified atom stereocenters. The molecule has 102 valence electrons. The van der Waals surface area contributed by atoms with E-state index in [4.69, 9.17) is 0 Å². The van der Waals surface area contributed by atoms with Crippen molar-refractivity contribution < 1.29 is 0 Å². The van der Waals surface area contributed by atoms with Crippen LogP contribution >= 0.6 is 11.8 Å². The first-order valence-electron chi connectivity index (χ1n) is 5.95. The van der Waals surface area contributed by atoms with Gasteiger partial charge in [-0.2, -0.15) is 0 Å². The first-order chi connectivity index (χ1) is 9.69. The summed E-state index contributed by atoms with van der Waals surface area (Å²) in [5, 5.41) is 0.854. The molecule has 0 radical (unpaired) electrons. The van der Waals surface area contributed by atoms with Crippen molar-refractivity contribution in [3.63, 3.8) is 0 Å². The van der Waals surface area contributed by atoms with Crippen LogP contribution in [-0.4, -0.2) is 50.3 Å². The highest BCUT2D eigenvalue weighted by Crippen LogP contribution is 2.24. The molecule has 0 saturated heterocycles. The van der Waals surface area contributed by atoms with Gasteiger partial charge in [0.05, 0.1) is 6.33 Å². The Hall–Kier alpha value is -2.22. The van der Waals surface area contributed by atoms with Gasteiger partial charge in [-0.1, -0.05) is 0 Å². The number of nitrogens with one attached hydrogen (secondary N) is 1. The molecule has 7 nitrogen and oxygen atoms in total. The molecule has 1 N–H and O–H groups in total. The van der Waals surface area contributed by atoms with Crippen LogP contribution < -0.4 is 4.90 Å². The van der Waals surface area contributed by atoms with Gasteiger partial charge < -0.3 is 9.88 Å². The van der Waals surface area contributed by atoms with Crippen LogP contribution in [0.4, 0.5) is 5.95 Å². The van der Waals surface area contributed by atoms with E-state index in [1.54, 1.807) is 30.4 Å². The summed E-state index contributed by atoms with van der Waals surface area (Å²) in [5.41, 5.74) is 2.18.